The van der Waals surface area contributed by atoms with Crippen LogP contribution in [0, 0.1) is 13.8 Å². The fourth-order valence-corrected chi connectivity index (χ4v) is 2.23. The third-order valence-electron chi connectivity index (χ3n) is 3.11. The minimum absolute atomic E-state index is 0.0316. The van der Waals surface area contributed by atoms with Crippen LogP contribution in [-0.4, -0.2) is 12.5 Å². The fourth-order valence-electron chi connectivity index (χ4n) is 2.23. The Kier molecular flexibility index (Phi) is 3.18. The Morgan fingerprint density at radius 2 is 2.18 bits per heavy atom. The molecule has 1 atom stereocenters. The number of hydrogen-bond donors (Lipinski definition) is 1. The van der Waals surface area contributed by atoms with Crippen LogP contribution in [0.15, 0.2) is 24.8 Å². The minimum Gasteiger partial charge on any atom is -0.493 e. The van der Waals surface area contributed by atoms with Crippen LogP contribution in [0.25, 0.3) is 0 Å². The third kappa shape index (κ3) is 2.18. The molecule has 0 saturated carbocycles. The van der Waals surface area contributed by atoms with E-state index < -0.39 is 0 Å². The van der Waals surface area contributed by atoms with Crippen LogP contribution in [0.4, 0.5) is 0 Å². The first kappa shape index (κ1) is 11.7. The van der Waals surface area contributed by atoms with Crippen molar-refractivity contribution in [3.05, 3.63) is 41.5 Å². The van der Waals surface area contributed by atoms with E-state index in [1.807, 2.05) is 19.9 Å². The SMILES string of the molecule is C=CC(=O)N[C@@H]1CCOc2c(C)ccc(C)c21. The first-order valence-corrected chi connectivity index (χ1v) is 5.79. The van der Waals surface area contributed by atoms with Gasteiger partial charge in [-0.2, -0.15) is 0 Å². The molecule has 0 aromatic heterocycles. The van der Waals surface area contributed by atoms with Crippen LogP contribution < -0.4 is 10.1 Å². The van der Waals surface area contributed by atoms with E-state index in [4.69, 9.17) is 4.74 Å². The van der Waals surface area contributed by atoms with Crippen LogP contribution in [0.2, 0.25) is 0 Å². The van der Waals surface area contributed by atoms with Crippen LogP contribution in [0.5, 0.6) is 5.75 Å². The summed E-state index contributed by atoms with van der Waals surface area (Å²) < 4.78 is 5.70. The Bertz CT molecular complexity index is 466. The average molecular weight is 231 g/mol. The summed E-state index contributed by atoms with van der Waals surface area (Å²) in [6, 6.07) is 4.14. The number of aryl methyl sites for hydroxylation is 2. The molecule has 0 radical (unpaired) electrons. The lowest BCUT2D eigenvalue weighted by Gasteiger charge is -2.29. The van der Waals surface area contributed by atoms with Crippen molar-refractivity contribution in [2.24, 2.45) is 0 Å². The second-order valence-electron chi connectivity index (χ2n) is 4.34. The summed E-state index contributed by atoms with van der Waals surface area (Å²) in [5, 5.41) is 2.96. The average Bonchev–Trinajstić information content (AvgIpc) is 2.34. The molecule has 0 bridgehead atoms. The number of benzene rings is 1. The third-order valence-corrected chi connectivity index (χ3v) is 3.11. The number of ether oxygens (including phenoxy) is 1. The Labute approximate surface area is 101 Å². The van der Waals surface area contributed by atoms with E-state index in [1.165, 1.54) is 6.08 Å². The summed E-state index contributed by atoms with van der Waals surface area (Å²) in [6.07, 6.45) is 2.11. The number of hydrogen-bond acceptors (Lipinski definition) is 2. The van der Waals surface area contributed by atoms with Crippen LogP contribution in [0.1, 0.15) is 29.2 Å². The first-order chi connectivity index (χ1) is 8.13. The number of carbonyl (C=O) groups excluding carboxylic acids is 1. The van der Waals surface area contributed by atoms with Gasteiger partial charge in [0.1, 0.15) is 5.75 Å². The van der Waals surface area contributed by atoms with Crippen molar-refractivity contribution in [2.45, 2.75) is 26.3 Å². The number of nitrogens with one attached hydrogen (secondary N) is 1. The molecule has 1 aliphatic rings. The molecule has 1 aliphatic heterocycles. The number of rotatable bonds is 2. The van der Waals surface area contributed by atoms with Gasteiger partial charge in [0.2, 0.25) is 5.91 Å². The van der Waals surface area contributed by atoms with E-state index in [1.54, 1.807) is 0 Å². The molecule has 1 amide bonds. The first-order valence-electron chi connectivity index (χ1n) is 5.79. The summed E-state index contributed by atoms with van der Waals surface area (Å²) in [6.45, 7) is 8.18. The van der Waals surface area contributed by atoms with Crippen molar-refractivity contribution in [1.82, 2.24) is 5.32 Å². The van der Waals surface area contributed by atoms with Crippen molar-refractivity contribution in [2.75, 3.05) is 6.61 Å². The lowest BCUT2D eigenvalue weighted by Crippen LogP contribution is -2.31. The topological polar surface area (TPSA) is 38.3 Å². The molecule has 1 N–H and O–H groups in total. The molecule has 2 rings (SSSR count). The lowest BCUT2D eigenvalue weighted by molar-refractivity contribution is -0.117. The van der Waals surface area contributed by atoms with E-state index >= 15 is 0 Å². The zero-order valence-electron chi connectivity index (χ0n) is 10.2. The molecule has 90 valence electrons. The van der Waals surface area contributed by atoms with Crippen molar-refractivity contribution in [3.8, 4) is 5.75 Å². The van der Waals surface area contributed by atoms with Gasteiger partial charge in [-0.05, 0) is 31.1 Å². The van der Waals surface area contributed by atoms with Gasteiger partial charge in [-0.1, -0.05) is 18.7 Å². The molecule has 0 saturated heterocycles. The van der Waals surface area contributed by atoms with Gasteiger partial charge in [0.15, 0.2) is 0 Å². The van der Waals surface area contributed by atoms with Gasteiger partial charge in [0, 0.05) is 12.0 Å². The monoisotopic (exact) mass is 231 g/mol. The standard InChI is InChI=1S/C14H17NO2/c1-4-12(16)15-11-7-8-17-14-10(3)6-5-9(2)13(11)14/h4-6,11H,1,7-8H2,2-3H3,(H,15,16)/t11-/m1/s1. The van der Waals surface area contributed by atoms with Gasteiger partial charge in [-0.25, -0.2) is 0 Å². The van der Waals surface area contributed by atoms with Gasteiger partial charge in [-0.3, -0.25) is 4.79 Å². The van der Waals surface area contributed by atoms with Gasteiger partial charge in [0.25, 0.3) is 0 Å². The molecule has 0 fully saturated rings. The van der Waals surface area contributed by atoms with Crippen molar-refractivity contribution in [1.29, 1.82) is 0 Å². The molecular formula is C14H17NO2. The maximum Gasteiger partial charge on any atom is 0.243 e. The predicted octanol–water partition coefficient (Wildman–Crippen LogP) is 2.43. The van der Waals surface area contributed by atoms with Crippen molar-refractivity contribution < 1.29 is 9.53 Å². The summed E-state index contributed by atoms with van der Waals surface area (Å²) in [7, 11) is 0. The van der Waals surface area contributed by atoms with Gasteiger partial charge >= 0.3 is 0 Å². The molecule has 0 spiro atoms. The molecule has 0 aliphatic carbocycles. The molecule has 1 aromatic rings. The molecule has 1 heterocycles. The maximum atomic E-state index is 11.4. The Balaban J connectivity index is 2.39. The van der Waals surface area contributed by atoms with E-state index in [-0.39, 0.29) is 11.9 Å². The lowest BCUT2D eigenvalue weighted by atomic mass is 9.93. The van der Waals surface area contributed by atoms with E-state index in [9.17, 15) is 4.79 Å². The van der Waals surface area contributed by atoms with Crippen LogP contribution in [-0.2, 0) is 4.79 Å². The van der Waals surface area contributed by atoms with Crippen molar-refractivity contribution >= 4 is 5.91 Å². The highest BCUT2D eigenvalue weighted by molar-refractivity contribution is 5.87. The molecule has 1 aromatic carbocycles. The van der Waals surface area contributed by atoms with Crippen molar-refractivity contribution in [3.63, 3.8) is 0 Å². The van der Waals surface area contributed by atoms with Gasteiger partial charge in [-0.15, -0.1) is 0 Å². The molecule has 17 heavy (non-hydrogen) atoms. The number of fused-ring (bicyclic) bond motifs is 1. The quantitative estimate of drug-likeness (QED) is 0.794. The van der Waals surface area contributed by atoms with E-state index in [0.717, 1.165) is 28.9 Å². The second-order valence-corrected chi connectivity index (χ2v) is 4.34. The van der Waals surface area contributed by atoms with Crippen LogP contribution >= 0.6 is 0 Å². The summed E-state index contributed by atoms with van der Waals surface area (Å²) in [4.78, 5) is 11.4. The van der Waals surface area contributed by atoms with E-state index in [0.29, 0.717) is 6.61 Å². The second kappa shape index (κ2) is 4.62. The molecular weight excluding hydrogens is 214 g/mol. The van der Waals surface area contributed by atoms with Crippen LogP contribution in [0.3, 0.4) is 0 Å². The van der Waals surface area contributed by atoms with Gasteiger partial charge in [0.05, 0.1) is 12.6 Å². The highest BCUT2D eigenvalue weighted by Gasteiger charge is 2.25. The Morgan fingerprint density at radius 3 is 2.88 bits per heavy atom. The van der Waals surface area contributed by atoms with Gasteiger partial charge < -0.3 is 10.1 Å². The fraction of sp³-hybridized carbons (Fsp3) is 0.357. The minimum atomic E-state index is -0.135. The highest BCUT2D eigenvalue weighted by atomic mass is 16.5. The number of amides is 1. The Morgan fingerprint density at radius 1 is 1.47 bits per heavy atom. The van der Waals surface area contributed by atoms with E-state index in [2.05, 4.69) is 18.0 Å². The molecule has 3 heteroatoms. The largest absolute Gasteiger partial charge is 0.493 e. The summed E-state index contributed by atoms with van der Waals surface area (Å²) in [5.74, 6) is 0.786. The highest BCUT2D eigenvalue weighted by Crippen LogP contribution is 2.36. The Hall–Kier alpha value is -1.77. The summed E-state index contributed by atoms with van der Waals surface area (Å²) >= 11 is 0. The maximum absolute atomic E-state index is 11.4. The molecule has 3 nitrogen and oxygen atoms in total. The summed E-state index contributed by atoms with van der Waals surface area (Å²) in [5.41, 5.74) is 3.37. The smallest absolute Gasteiger partial charge is 0.243 e. The molecule has 0 unspecified atom stereocenters. The normalized spacial score (nSPS) is 17.9. The predicted molar refractivity (Wildman–Crippen MR) is 67.1 cm³/mol. The zero-order valence-corrected chi connectivity index (χ0v) is 10.2. The number of carbonyl (C=O) groups is 1. The zero-order chi connectivity index (χ0) is 12.4.